The number of hydrogen-bond donors (Lipinski definition) is 3. The van der Waals surface area contributed by atoms with E-state index in [0.717, 1.165) is 40.4 Å². The molecule has 0 saturated carbocycles. The monoisotopic (exact) mass is 605 g/mol. The predicted octanol–water partition coefficient (Wildman–Crippen LogP) is 5.39. The highest BCUT2D eigenvalue weighted by Gasteiger charge is 2.35. The summed E-state index contributed by atoms with van der Waals surface area (Å²) in [5.74, 6) is 0.0189. The van der Waals surface area contributed by atoms with Crippen LogP contribution in [0.4, 0.5) is 5.00 Å². The highest BCUT2D eigenvalue weighted by atomic mass is 35.5. The minimum absolute atomic E-state index is 0.0127. The van der Waals surface area contributed by atoms with Crippen molar-refractivity contribution in [2.24, 2.45) is 0 Å². The minimum Gasteiger partial charge on any atom is -0.348 e. The van der Waals surface area contributed by atoms with Gasteiger partial charge in [0.2, 0.25) is 5.91 Å². The number of carbonyl (C=O) groups is 3. The summed E-state index contributed by atoms with van der Waals surface area (Å²) in [5.41, 5.74) is 2.63. The summed E-state index contributed by atoms with van der Waals surface area (Å²) in [6.07, 6.45) is 3.73. The van der Waals surface area contributed by atoms with Gasteiger partial charge < -0.3 is 20.9 Å². The fraction of sp³-hybridized carbons (Fsp3) is 0.267. The quantitative estimate of drug-likeness (QED) is 0.250. The number of likely N-dealkylation sites (tertiary alicyclic amines) is 1. The highest BCUT2D eigenvalue weighted by Crippen LogP contribution is 2.36. The van der Waals surface area contributed by atoms with Crippen molar-refractivity contribution in [3.63, 3.8) is 0 Å². The topological polar surface area (TPSA) is 103 Å². The molecule has 11 heteroatoms. The van der Waals surface area contributed by atoms with Crippen LogP contribution in [0.25, 0.3) is 10.4 Å². The first-order valence-electron chi connectivity index (χ1n) is 13.4. The molecule has 4 heterocycles. The highest BCUT2D eigenvalue weighted by molar-refractivity contribution is 7.18. The fourth-order valence-corrected chi connectivity index (χ4v) is 6.88. The lowest BCUT2D eigenvalue weighted by Crippen LogP contribution is -2.48. The van der Waals surface area contributed by atoms with Gasteiger partial charge in [-0.15, -0.1) is 22.7 Å². The van der Waals surface area contributed by atoms with Crippen molar-refractivity contribution in [2.45, 2.75) is 31.3 Å². The molecule has 1 atom stereocenters. The first-order chi connectivity index (χ1) is 19.9. The number of halogens is 1. The van der Waals surface area contributed by atoms with E-state index in [-0.39, 0.29) is 29.7 Å². The number of aromatic nitrogens is 1. The first kappa shape index (κ1) is 27.6. The Morgan fingerprint density at radius 3 is 2.51 bits per heavy atom. The average Bonchev–Trinajstić information content (AvgIpc) is 3.74. The molecule has 0 aliphatic carbocycles. The molecular formula is C30H28ClN5O3S2. The Morgan fingerprint density at radius 2 is 1.78 bits per heavy atom. The largest absolute Gasteiger partial charge is 0.348 e. The number of anilines is 1. The molecule has 2 saturated heterocycles. The van der Waals surface area contributed by atoms with Crippen LogP contribution in [0.1, 0.15) is 49.4 Å². The number of nitrogens with zero attached hydrogens (tertiary/aromatic N) is 2. The number of rotatable bonds is 8. The van der Waals surface area contributed by atoms with Gasteiger partial charge in [-0.05, 0) is 66.9 Å². The van der Waals surface area contributed by atoms with Crippen LogP contribution in [0.5, 0.6) is 0 Å². The van der Waals surface area contributed by atoms with Gasteiger partial charge in [0.15, 0.2) is 0 Å². The van der Waals surface area contributed by atoms with E-state index in [1.165, 1.54) is 11.3 Å². The molecule has 210 valence electrons. The van der Waals surface area contributed by atoms with Gasteiger partial charge in [-0.3, -0.25) is 14.4 Å². The number of benzene rings is 2. The Morgan fingerprint density at radius 1 is 1.00 bits per heavy atom. The second-order valence-electron chi connectivity index (χ2n) is 10.2. The lowest BCUT2D eigenvalue weighted by molar-refractivity contribution is -0.117. The molecule has 2 fully saturated rings. The Bertz CT molecular complexity index is 1560. The van der Waals surface area contributed by atoms with Crippen LogP contribution in [0.2, 0.25) is 5.02 Å². The van der Waals surface area contributed by atoms with E-state index in [1.54, 1.807) is 47.7 Å². The second-order valence-corrected chi connectivity index (χ2v) is 12.7. The maximum Gasteiger partial charge on any atom is 0.264 e. The average molecular weight is 606 g/mol. The summed E-state index contributed by atoms with van der Waals surface area (Å²) >= 11 is 8.86. The van der Waals surface area contributed by atoms with E-state index in [2.05, 4.69) is 20.9 Å². The maximum absolute atomic E-state index is 13.0. The summed E-state index contributed by atoms with van der Waals surface area (Å²) in [6, 6.07) is 18.3. The summed E-state index contributed by atoms with van der Waals surface area (Å²) in [6.45, 7) is 2.55. The van der Waals surface area contributed by atoms with Crippen LogP contribution in [-0.2, 0) is 11.3 Å². The second kappa shape index (κ2) is 12.1. The number of hydrogen-bond acceptors (Lipinski definition) is 7. The molecule has 2 aliphatic heterocycles. The molecule has 3 amide bonds. The Hall–Kier alpha value is -3.57. The van der Waals surface area contributed by atoms with Crippen LogP contribution in [-0.4, -0.2) is 53.3 Å². The van der Waals surface area contributed by atoms with E-state index in [9.17, 15) is 14.4 Å². The minimum atomic E-state index is -0.151. The van der Waals surface area contributed by atoms with Crippen molar-refractivity contribution in [1.82, 2.24) is 20.5 Å². The lowest BCUT2D eigenvalue weighted by Gasteiger charge is -2.37. The van der Waals surface area contributed by atoms with E-state index in [0.29, 0.717) is 40.1 Å². The van der Waals surface area contributed by atoms with Crippen molar-refractivity contribution >= 4 is 57.0 Å². The van der Waals surface area contributed by atoms with Crippen molar-refractivity contribution in [3.8, 4) is 10.4 Å². The fourth-order valence-electron chi connectivity index (χ4n) is 4.88. The van der Waals surface area contributed by atoms with Gasteiger partial charge in [0.1, 0.15) is 0 Å². The molecule has 0 spiro atoms. The molecule has 6 rings (SSSR count). The maximum atomic E-state index is 13.0. The van der Waals surface area contributed by atoms with Gasteiger partial charge in [-0.25, -0.2) is 4.98 Å². The van der Waals surface area contributed by atoms with Crippen molar-refractivity contribution in [3.05, 3.63) is 92.9 Å². The zero-order chi connectivity index (χ0) is 28.3. The Kier molecular flexibility index (Phi) is 8.16. The SMILES string of the molecule is O=C(NCc1ccc(-c2cnc(C3CN(C(=O)c4ccc(NC(=O)[C@@H]5CCCN5)s4)C3)s2)cc1)c1ccc(Cl)cc1. The number of thiophene rings is 1. The van der Waals surface area contributed by atoms with Gasteiger partial charge in [0.05, 0.1) is 25.8 Å². The smallest absolute Gasteiger partial charge is 0.264 e. The zero-order valence-corrected chi connectivity index (χ0v) is 24.5. The number of amides is 3. The van der Waals surface area contributed by atoms with E-state index >= 15 is 0 Å². The van der Waals surface area contributed by atoms with Crippen LogP contribution >= 0.6 is 34.3 Å². The normalized spacial score (nSPS) is 16.8. The third kappa shape index (κ3) is 6.36. The standard InChI is InChI=1S/C30H28ClN5O3S2/c31-22-9-7-20(8-10-22)27(37)33-14-18-3-5-19(6-4-18)25-15-34-29(41-25)21-16-36(17-21)30(39)24-11-12-26(40-24)35-28(38)23-2-1-13-32-23/h3-12,15,21,23,32H,1-2,13-14,16-17H2,(H,33,37)(H,35,38)/t23-/m0/s1. The number of thiazole rings is 1. The molecule has 8 nitrogen and oxygen atoms in total. The van der Waals surface area contributed by atoms with Crippen LogP contribution in [0, 0.1) is 0 Å². The number of carbonyl (C=O) groups excluding carboxylic acids is 3. The van der Waals surface area contributed by atoms with E-state index in [4.69, 9.17) is 11.6 Å². The molecule has 2 aliphatic rings. The van der Waals surface area contributed by atoms with E-state index in [1.807, 2.05) is 35.4 Å². The van der Waals surface area contributed by atoms with Crippen molar-refractivity contribution in [2.75, 3.05) is 25.0 Å². The molecule has 2 aromatic carbocycles. The molecule has 0 unspecified atom stereocenters. The molecule has 3 N–H and O–H groups in total. The molecule has 4 aromatic rings. The summed E-state index contributed by atoms with van der Waals surface area (Å²) in [4.78, 5) is 45.8. The summed E-state index contributed by atoms with van der Waals surface area (Å²) in [5, 5.41) is 11.4. The van der Waals surface area contributed by atoms with Gasteiger partial charge in [0.25, 0.3) is 11.8 Å². The van der Waals surface area contributed by atoms with Gasteiger partial charge >= 0.3 is 0 Å². The van der Waals surface area contributed by atoms with E-state index < -0.39 is 0 Å². The molecule has 0 bridgehead atoms. The lowest BCUT2D eigenvalue weighted by atomic mass is 10.0. The van der Waals surface area contributed by atoms with Crippen LogP contribution < -0.4 is 16.0 Å². The molecule has 2 aromatic heterocycles. The van der Waals surface area contributed by atoms with Gasteiger partial charge in [0, 0.05) is 42.3 Å². The van der Waals surface area contributed by atoms with Crippen LogP contribution in [0.15, 0.2) is 66.9 Å². The van der Waals surface area contributed by atoms with Gasteiger partial charge in [-0.1, -0.05) is 35.9 Å². The Labute approximate surface area is 250 Å². The third-order valence-corrected chi connectivity index (χ3v) is 9.73. The van der Waals surface area contributed by atoms with Crippen LogP contribution in [0.3, 0.4) is 0 Å². The number of nitrogens with one attached hydrogen (secondary N) is 3. The third-order valence-electron chi connectivity index (χ3n) is 7.28. The van der Waals surface area contributed by atoms with Gasteiger partial charge in [-0.2, -0.15) is 0 Å². The molecule has 41 heavy (non-hydrogen) atoms. The summed E-state index contributed by atoms with van der Waals surface area (Å²) < 4.78 is 0. The zero-order valence-electron chi connectivity index (χ0n) is 22.1. The first-order valence-corrected chi connectivity index (χ1v) is 15.5. The summed E-state index contributed by atoms with van der Waals surface area (Å²) in [7, 11) is 0. The van der Waals surface area contributed by atoms with Crippen molar-refractivity contribution < 1.29 is 14.4 Å². The molecular weight excluding hydrogens is 578 g/mol. The molecule has 0 radical (unpaired) electrons. The Balaban J connectivity index is 0.988. The van der Waals surface area contributed by atoms with Crippen molar-refractivity contribution in [1.29, 1.82) is 0 Å². The predicted molar refractivity (Wildman–Crippen MR) is 163 cm³/mol.